The predicted octanol–water partition coefficient (Wildman–Crippen LogP) is 4.28. The number of benzene rings is 2. The molecule has 0 aliphatic carbocycles. The number of carbonyl (C=O) groups is 1. The Kier molecular flexibility index (Phi) is 7.63. The molecule has 1 saturated heterocycles. The lowest BCUT2D eigenvalue weighted by Crippen LogP contribution is -2.40. The number of halogens is 3. The molecule has 1 aliphatic heterocycles. The van der Waals surface area contributed by atoms with Crippen LogP contribution in [0.2, 0.25) is 0 Å². The Morgan fingerprint density at radius 1 is 1.09 bits per heavy atom. The fourth-order valence-corrected chi connectivity index (χ4v) is 3.25. The zero-order valence-corrected chi connectivity index (χ0v) is 17.7. The Morgan fingerprint density at radius 2 is 1.78 bits per heavy atom. The molecule has 4 rings (SSSR count). The van der Waals surface area contributed by atoms with E-state index in [9.17, 15) is 13.2 Å². The number of aryl methyl sites for hydroxylation is 1. The van der Waals surface area contributed by atoms with E-state index >= 15 is 0 Å². The Labute approximate surface area is 184 Å². The second-order valence-corrected chi connectivity index (χ2v) is 7.55. The number of nitrogens with zero attached hydrogens (tertiary/aromatic N) is 3. The van der Waals surface area contributed by atoms with Gasteiger partial charge in [0.2, 0.25) is 0 Å². The van der Waals surface area contributed by atoms with Crippen molar-refractivity contribution in [1.82, 2.24) is 14.9 Å². The molecule has 1 aromatic heterocycles. The fraction of sp³-hybridized carbons (Fsp3) is 0.348. The van der Waals surface area contributed by atoms with Crippen LogP contribution in [0.15, 0.2) is 48.5 Å². The third-order valence-corrected chi connectivity index (χ3v) is 5.09. The summed E-state index contributed by atoms with van der Waals surface area (Å²) in [6.07, 6.45) is -2.96. The zero-order chi connectivity index (χ0) is 23.1. The summed E-state index contributed by atoms with van der Waals surface area (Å²) in [6, 6.07) is 16.7. The Morgan fingerprint density at radius 3 is 2.38 bits per heavy atom. The number of hydrogen-bond acceptors (Lipinski definition) is 5. The van der Waals surface area contributed by atoms with Gasteiger partial charge in [-0.15, -0.1) is 0 Å². The SMILES string of the molecule is Cc1cccc2nc(Cc3ccccc3)c(NCCN3CCC3)nc12.O=C(O)C(F)(F)F. The summed E-state index contributed by atoms with van der Waals surface area (Å²) < 4.78 is 31.7. The van der Waals surface area contributed by atoms with E-state index in [0.29, 0.717) is 0 Å². The van der Waals surface area contributed by atoms with Crippen molar-refractivity contribution in [3.05, 3.63) is 65.4 Å². The van der Waals surface area contributed by atoms with Crippen LogP contribution in [0.1, 0.15) is 23.2 Å². The molecule has 3 aromatic rings. The number of nitrogens with one attached hydrogen (secondary N) is 1. The number of anilines is 1. The molecule has 170 valence electrons. The van der Waals surface area contributed by atoms with Crippen LogP contribution in [0.5, 0.6) is 0 Å². The van der Waals surface area contributed by atoms with E-state index in [1.165, 1.54) is 30.6 Å². The van der Waals surface area contributed by atoms with Gasteiger partial charge >= 0.3 is 12.1 Å². The minimum atomic E-state index is -5.08. The van der Waals surface area contributed by atoms with Crippen LogP contribution >= 0.6 is 0 Å². The highest BCUT2D eigenvalue weighted by atomic mass is 19.4. The first-order valence-electron chi connectivity index (χ1n) is 10.3. The molecule has 2 N–H and O–H groups in total. The van der Waals surface area contributed by atoms with Gasteiger partial charge in [-0.3, -0.25) is 0 Å². The second-order valence-electron chi connectivity index (χ2n) is 7.55. The van der Waals surface area contributed by atoms with Crippen LogP contribution in [0, 0.1) is 6.92 Å². The van der Waals surface area contributed by atoms with Crippen LogP contribution in [0.4, 0.5) is 19.0 Å². The first kappa shape index (κ1) is 23.5. The van der Waals surface area contributed by atoms with E-state index in [1.54, 1.807) is 0 Å². The molecule has 6 nitrogen and oxygen atoms in total. The molecule has 2 aromatic carbocycles. The molecule has 0 radical (unpaired) electrons. The number of para-hydroxylation sites is 1. The van der Waals surface area contributed by atoms with E-state index in [-0.39, 0.29) is 0 Å². The highest BCUT2D eigenvalue weighted by molar-refractivity contribution is 5.79. The van der Waals surface area contributed by atoms with Crippen molar-refractivity contribution in [3.8, 4) is 0 Å². The van der Waals surface area contributed by atoms with Gasteiger partial charge in [0.05, 0.1) is 16.7 Å². The van der Waals surface area contributed by atoms with Gasteiger partial charge in [0, 0.05) is 19.5 Å². The molecule has 0 bridgehead atoms. The summed E-state index contributed by atoms with van der Waals surface area (Å²) in [7, 11) is 0. The van der Waals surface area contributed by atoms with Crippen molar-refractivity contribution >= 4 is 22.8 Å². The monoisotopic (exact) mass is 446 g/mol. The Hall–Kier alpha value is -3.20. The first-order chi connectivity index (χ1) is 15.2. The summed E-state index contributed by atoms with van der Waals surface area (Å²) >= 11 is 0. The largest absolute Gasteiger partial charge is 0.490 e. The summed E-state index contributed by atoms with van der Waals surface area (Å²) in [5.74, 6) is -1.83. The number of fused-ring (bicyclic) bond motifs is 1. The van der Waals surface area contributed by atoms with Crippen LogP contribution in [-0.4, -0.2) is 58.3 Å². The number of aliphatic carboxylic acids is 1. The molecular weight excluding hydrogens is 421 g/mol. The molecule has 2 heterocycles. The van der Waals surface area contributed by atoms with E-state index in [0.717, 1.165) is 42.1 Å². The molecule has 0 amide bonds. The van der Waals surface area contributed by atoms with Crippen molar-refractivity contribution in [2.75, 3.05) is 31.5 Å². The maximum atomic E-state index is 10.6. The molecular formula is C23H25F3N4O2. The number of carboxylic acid groups (broad SMARTS) is 1. The number of rotatable bonds is 6. The summed E-state index contributed by atoms with van der Waals surface area (Å²) in [6.45, 7) is 6.52. The molecule has 0 unspecified atom stereocenters. The van der Waals surface area contributed by atoms with Gasteiger partial charge < -0.3 is 15.3 Å². The zero-order valence-electron chi connectivity index (χ0n) is 17.7. The third kappa shape index (κ3) is 6.40. The fourth-order valence-electron chi connectivity index (χ4n) is 3.25. The highest BCUT2D eigenvalue weighted by Gasteiger charge is 2.38. The molecule has 32 heavy (non-hydrogen) atoms. The second kappa shape index (κ2) is 10.4. The standard InChI is InChI=1S/C21H24N4.C2HF3O2/c1-16-7-5-10-18-20(16)24-21(22-11-14-25-12-6-13-25)19(23-18)15-17-8-3-2-4-9-17;3-2(4,5)1(6)7/h2-5,7-10H,6,11-15H2,1H3,(H,22,24);(H,6,7). The van der Waals surface area contributed by atoms with Gasteiger partial charge in [-0.1, -0.05) is 42.5 Å². The maximum absolute atomic E-state index is 10.6. The Balaban J connectivity index is 0.000000360. The van der Waals surface area contributed by atoms with E-state index in [4.69, 9.17) is 19.9 Å². The van der Waals surface area contributed by atoms with E-state index in [1.807, 2.05) is 12.1 Å². The number of carboxylic acids is 1. The molecule has 9 heteroatoms. The average molecular weight is 446 g/mol. The normalized spacial score (nSPS) is 13.8. The minimum Gasteiger partial charge on any atom is -0.475 e. The van der Waals surface area contributed by atoms with Crippen LogP contribution in [0.3, 0.4) is 0 Å². The average Bonchev–Trinajstić information content (AvgIpc) is 2.71. The Bertz CT molecular complexity index is 1050. The third-order valence-electron chi connectivity index (χ3n) is 5.09. The lowest BCUT2D eigenvalue weighted by Gasteiger charge is -2.30. The van der Waals surface area contributed by atoms with Crippen molar-refractivity contribution < 1.29 is 23.1 Å². The van der Waals surface area contributed by atoms with Gasteiger partial charge in [0.25, 0.3) is 0 Å². The van der Waals surface area contributed by atoms with Crippen molar-refractivity contribution in [2.24, 2.45) is 0 Å². The smallest absolute Gasteiger partial charge is 0.475 e. The lowest BCUT2D eigenvalue weighted by molar-refractivity contribution is -0.192. The molecule has 1 aliphatic rings. The summed E-state index contributed by atoms with van der Waals surface area (Å²) in [5.41, 5.74) is 5.41. The highest BCUT2D eigenvalue weighted by Crippen LogP contribution is 2.22. The first-order valence-corrected chi connectivity index (χ1v) is 10.3. The van der Waals surface area contributed by atoms with Crippen molar-refractivity contribution in [2.45, 2.75) is 25.9 Å². The van der Waals surface area contributed by atoms with Gasteiger partial charge in [-0.25, -0.2) is 14.8 Å². The lowest BCUT2D eigenvalue weighted by atomic mass is 10.1. The maximum Gasteiger partial charge on any atom is 0.490 e. The topological polar surface area (TPSA) is 78.4 Å². The molecule has 0 atom stereocenters. The minimum absolute atomic E-state index is 0.795. The number of alkyl halides is 3. The van der Waals surface area contributed by atoms with E-state index in [2.05, 4.69) is 53.5 Å². The van der Waals surface area contributed by atoms with Crippen LogP contribution in [0.25, 0.3) is 11.0 Å². The number of likely N-dealkylation sites (tertiary alicyclic amines) is 1. The van der Waals surface area contributed by atoms with Gasteiger partial charge in [-0.2, -0.15) is 13.2 Å². The number of hydrogen-bond donors (Lipinski definition) is 2. The van der Waals surface area contributed by atoms with E-state index < -0.39 is 12.1 Å². The van der Waals surface area contributed by atoms with Crippen molar-refractivity contribution in [3.63, 3.8) is 0 Å². The quantitative estimate of drug-likeness (QED) is 0.589. The summed E-state index contributed by atoms with van der Waals surface area (Å²) in [5, 5.41) is 10.7. The van der Waals surface area contributed by atoms with Crippen molar-refractivity contribution in [1.29, 1.82) is 0 Å². The van der Waals surface area contributed by atoms with Crippen LogP contribution < -0.4 is 5.32 Å². The molecule has 0 saturated carbocycles. The van der Waals surface area contributed by atoms with Crippen LogP contribution in [-0.2, 0) is 11.2 Å². The predicted molar refractivity (Wildman–Crippen MR) is 117 cm³/mol. The molecule has 0 spiro atoms. The number of aromatic nitrogens is 2. The van der Waals surface area contributed by atoms with Gasteiger partial charge in [0.15, 0.2) is 0 Å². The van der Waals surface area contributed by atoms with Gasteiger partial charge in [-0.05, 0) is 43.6 Å². The summed E-state index contributed by atoms with van der Waals surface area (Å²) in [4.78, 5) is 21.2. The van der Waals surface area contributed by atoms with Gasteiger partial charge in [0.1, 0.15) is 5.82 Å². The molecule has 1 fully saturated rings.